The molecule has 98 valence electrons. The Hall–Kier alpha value is -1.55. The van der Waals surface area contributed by atoms with Crippen LogP contribution < -0.4 is 5.32 Å². The number of aryl methyl sites for hydroxylation is 1. The van der Waals surface area contributed by atoms with Crippen LogP contribution in [-0.4, -0.2) is 24.7 Å². The van der Waals surface area contributed by atoms with Gasteiger partial charge in [-0.05, 0) is 44.9 Å². The van der Waals surface area contributed by atoms with E-state index in [0.717, 1.165) is 25.2 Å². The van der Waals surface area contributed by atoms with Crippen molar-refractivity contribution in [2.75, 3.05) is 6.61 Å². The van der Waals surface area contributed by atoms with Crippen molar-refractivity contribution in [1.82, 2.24) is 5.32 Å². The average Bonchev–Trinajstić information content (AvgIpc) is 2.97. The van der Waals surface area contributed by atoms with Crippen LogP contribution in [0.25, 0.3) is 6.08 Å². The molecule has 1 aromatic rings. The molecule has 0 saturated carbocycles. The maximum Gasteiger partial charge on any atom is 0.244 e. The van der Waals surface area contributed by atoms with Gasteiger partial charge in [0.25, 0.3) is 0 Å². The molecule has 1 aromatic heterocycles. The Morgan fingerprint density at radius 2 is 2.39 bits per heavy atom. The summed E-state index contributed by atoms with van der Waals surface area (Å²) in [6.45, 7) is 4.64. The lowest BCUT2D eigenvalue weighted by Crippen LogP contribution is -2.39. The summed E-state index contributed by atoms with van der Waals surface area (Å²) in [6, 6.07) is 3.75. The van der Waals surface area contributed by atoms with E-state index < -0.39 is 0 Å². The molecular weight excluding hydrogens is 230 g/mol. The van der Waals surface area contributed by atoms with Crippen molar-refractivity contribution in [3.8, 4) is 0 Å². The molecule has 1 aliphatic rings. The van der Waals surface area contributed by atoms with Crippen LogP contribution in [0, 0.1) is 6.92 Å². The molecule has 18 heavy (non-hydrogen) atoms. The third-order valence-electron chi connectivity index (χ3n) is 3.05. The van der Waals surface area contributed by atoms with Gasteiger partial charge in [0.1, 0.15) is 11.5 Å². The fourth-order valence-electron chi connectivity index (χ4n) is 2.06. The van der Waals surface area contributed by atoms with Crippen LogP contribution in [0.2, 0.25) is 0 Å². The smallest absolute Gasteiger partial charge is 0.244 e. The number of carbonyl (C=O) groups excluding carboxylic acids is 1. The van der Waals surface area contributed by atoms with Crippen LogP contribution >= 0.6 is 0 Å². The Balaban J connectivity index is 1.82. The first-order chi connectivity index (χ1) is 8.65. The lowest BCUT2D eigenvalue weighted by atomic mass is 10.1. The number of hydrogen-bond donors (Lipinski definition) is 1. The summed E-state index contributed by atoms with van der Waals surface area (Å²) in [4.78, 5) is 11.7. The van der Waals surface area contributed by atoms with Crippen LogP contribution in [0.1, 0.15) is 31.3 Å². The van der Waals surface area contributed by atoms with Gasteiger partial charge in [-0.1, -0.05) is 0 Å². The highest BCUT2D eigenvalue weighted by Crippen LogP contribution is 2.15. The summed E-state index contributed by atoms with van der Waals surface area (Å²) in [6.07, 6.45) is 5.40. The van der Waals surface area contributed by atoms with Crippen LogP contribution in [0.5, 0.6) is 0 Å². The zero-order valence-corrected chi connectivity index (χ0v) is 10.8. The van der Waals surface area contributed by atoms with E-state index in [9.17, 15) is 4.79 Å². The highest BCUT2D eigenvalue weighted by atomic mass is 16.5. The molecule has 2 rings (SSSR count). The quantitative estimate of drug-likeness (QED) is 0.833. The Kier molecular flexibility index (Phi) is 4.20. The largest absolute Gasteiger partial charge is 0.462 e. The van der Waals surface area contributed by atoms with E-state index in [1.54, 1.807) is 6.08 Å². The van der Waals surface area contributed by atoms with Crippen molar-refractivity contribution in [2.45, 2.75) is 38.8 Å². The second kappa shape index (κ2) is 5.87. The zero-order chi connectivity index (χ0) is 13.0. The van der Waals surface area contributed by atoms with Gasteiger partial charge < -0.3 is 14.5 Å². The van der Waals surface area contributed by atoms with Gasteiger partial charge >= 0.3 is 0 Å². The number of hydrogen-bond acceptors (Lipinski definition) is 3. The van der Waals surface area contributed by atoms with Crippen molar-refractivity contribution < 1.29 is 13.9 Å². The molecule has 1 amide bonds. The van der Waals surface area contributed by atoms with Gasteiger partial charge in [0, 0.05) is 12.7 Å². The second-order valence-electron chi connectivity index (χ2n) is 4.63. The van der Waals surface area contributed by atoms with E-state index in [0.29, 0.717) is 5.76 Å². The van der Waals surface area contributed by atoms with Crippen molar-refractivity contribution in [3.63, 3.8) is 0 Å². The van der Waals surface area contributed by atoms with Crippen LogP contribution in [0.4, 0.5) is 0 Å². The molecule has 0 bridgehead atoms. The maximum absolute atomic E-state index is 11.7. The number of rotatable bonds is 4. The van der Waals surface area contributed by atoms with Crippen molar-refractivity contribution in [3.05, 3.63) is 29.7 Å². The number of carbonyl (C=O) groups is 1. The normalized spacial score (nSPS) is 21.3. The minimum atomic E-state index is -0.118. The third kappa shape index (κ3) is 3.47. The minimum absolute atomic E-state index is 0.0444. The molecule has 1 fully saturated rings. The number of ether oxygens (including phenoxy) is 1. The van der Waals surface area contributed by atoms with Gasteiger partial charge in [-0.3, -0.25) is 4.79 Å². The molecule has 0 aliphatic carbocycles. The molecular formula is C14H19NO3. The molecule has 0 spiro atoms. The summed E-state index contributed by atoms with van der Waals surface area (Å²) >= 11 is 0. The molecule has 2 unspecified atom stereocenters. The maximum atomic E-state index is 11.7. The number of amides is 1. The Morgan fingerprint density at radius 1 is 1.56 bits per heavy atom. The van der Waals surface area contributed by atoms with Crippen molar-refractivity contribution in [2.24, 2.45) is 0 Å². The van der Waals surface area contributed by atoms with Crippen LogP contribution in [0.3, 0.4) is 0 Å². The Bertz CT molecular complexity index is 430. The summed E-state index contributed by atoms with van der Waals surface area (Å²) in [5.74, 6) is 1.40. The van der Waals surface area contributed by atoms with Gasteiger partial charge in [0.05, 0.1) is 12.1 Å². The fourth-order valence-corrected chi connectivity index (χ4v) is 2.06. The number of furan rings is 1. The molecule has 1 N–H and O–H groups in total. The van der Waals surface area contributed by atoms with Gasteiger partial charge in [0.15, 0.2) is 0 Å². The highest BCUT2D eigenvalue weighted by molar-refractivity contribution is 5.91. The molecule has 0 aromatic carbocycles. The molecule has 4 heteroatoms. The highest BCUT2D eigenvalue weighted by Gasteiger charge is 2.22. The first kappa shape index (κ1) is 12.9. The lowest BCUT2D eigenvalue weighted by molar-refractivity contribution is -0.117. The summed E-state index contributed by atoms with van der Waals surface area (Å²) in [7, 11) is 0. The monoisotopic (exact) mass is 249 g/mol. The van der Waals surface area contributed by atoms with Crippen molar-refractivity contribution in [1.29, 1.82) is 0 Å². The standard InChI is InChI=1S/C14H19NO3/c1-10-5-6-12(18-10)7-8-14(16)15-11(2)13-4-3-9-17-13/h5-8,11,13H,3-4,9H2,1-2H3,(H,15,16)/b8-7+. The molecule has 2 heterocycles. The second-order valence-corrected chi connectivity index (χ2v) is 4.63. The van der Waals surface area contributed by atoms with Crippen molar-refractivity contribution >= 4 is 12.0 Å². The van der Waals surface area contributed by atoms with E-state index in [-0.39, 0.29) is 18.1 Å². The minimum Gasteiger partial charge on any atom is -0.462 e. The summed E-state index contributed by atoms with van der Waals surface area (Å²) in [5.41, 5.74) is 0. The van der Waals surface area contributed by atoms with Gasteiger partial charge in [-0.15, -0.1) is 0 Å². The molecule has 0 radical (unpaired) electrons. The van der Waals surface area contributed by atoms with Crippen LogP contribution in [-0.2, 0) is 9.53 Å². The summed E-state index contributed by atoms with van der Waals surface area (Å²) < 4.78 is 10.9. The first-order valence-corrected chi connectivity index (χ1v) is 6.32. The van der Waals surface area contributed by atoms with E-state index in [1.807, 2.05) is 26.0 Å². The third-order valence-corrected chi connectivity index (χ3v) is 3.05. The molecule has 4 nitrogen and oxygen atoms in total. The predicted octanol–water partition coefficient (Wildman–Crippen LogP) is 2.28. The van der Waals surface area contributed by atoms with Gasteiger partial charge in [-0.25, -0.2) is 0 Å². The lowest BCUT2D eigenvalue weighted by Gasteiger charge is -2.18. The number of nitrogens with one attached hydrogen (secondary N) is 1. The van der Waals surface area contributed by atoms with E-state index >= 15 is 0 Å². The van der Waals surface area contributed by atoms with E-state index in [2.05, 4.69) is 5.32 Å². The summed E-state index contributed by atoms with van der Waals surface area (Å²) in [5, 5.41) is 2.91. The molecule has 1 saturated heterocycles. The Labute approximate surface area is 107 Å². The molecule has 1 aliphatic heterocycles. The topological polar surface area (TPSA) is 51.5 Å². The van der Waals surface area contributed by atoms with Crippen LogP contribution in [0.15, 0.2) is 22.6 Å². The first-order valence-electron chi connectivity index (χ1n) is 6.32. The van der Waals surface area contributed by atoms with E-state index in [4.69, 9.17) is 9.15 Å². The van der Waals surface area contributed by atoms with E-state index in [1.165, 1.54) is 6.08 Å². The molecule has 2 atom stereocenters. The SMILES string of the molecule is Cc1ccc(/C=C/C(=O)NC(C)C2CCCO2)o1. The van der Waals surface area contributed by atoms with Gasteiger partial charge in [0.2, 0.25) is 5.91 Å². The average molecular weight is 249 g/mol. The predicted molar refractivity (Wildman–Crippen MR) is 69.1 cm³/mol. The zero-order valence-electron chi connectivity index (χ0n) is 10.8. The fraction of sp³-hybridized carbons (Fsp3) is 0.500. The van der Waals surface area contributed by atoms with Gasteiger partial charge in [-0.2, -0.15) is 0 Å². The Morgan fingerprint density at radius 3 is 3.00 bits per heavy atom.